The molecule has 2 aromatic rings. The predicted molar refractivity (Wildman–Crippen MR) is 119 cm³/mol. The summed E-state index contributed by atoms with van der Waals surface area (Å²) in [5, 5.41) is 4.02. The highest BCUT2D eigenvalue weighted by molar-refractivity contribution is 6.35. The first-order chi connectivity index (χ1) is 13.6. The number of nitrogens with one attached hydrogen (secondary N) is 1. The average Bonchev–Trinajstić information content (AvgIpc) is 2.65. The highest BCUT2D eigenvalue weighted by Gasteiger charge is 2.31. The van der Waals surface area contributed by atoms with Crippen LogP contribution in [0.3, 0.4) is 0 Å². The van der Waals surface area contributed by atoms with Crippen LogP contribution in [0.4, 0.5) is 0 Å². The van der Waals surface area contributed by atoms with E-state index in [1.807, 2.05) is 51.1 Å². The second-order valence-corrected chi connectivity index (χ2v) is 8.90. The van der Waals surface area contributed by atoms with Crippen molar-refractivity contribution < 1.29 is 9.59 Å². The number of amides is 2. The van der Waals surface area contributed by atoms with Crippen molar-refractivity contribution in [3.63, 3.8) is 0 Å². The number of hydrogen-bond acceptors (Lipinski definition) is 2. The molecule has 2 rings (SSSR count). The summed E-state index contributed by atoms with van der Waals surface area (Å²) in [5.74, 6) is -0.297. The normalized spacial score (nSPS) is 12.3. The van der Waals surface area contributed by atoms with Gasteiger partial charge in [-0.3, -0.25) is 9.59 Å². The number of rotatable bonds is 7. The van der Waals surface area contributed by atoms with Gasteiger partial charge in [0.15, 0.2) is 0 Å². The molecule has 0 bridgehead atoms. The highest BCUT2D eigenvalue weighted by Crippen LogP contribution is 2.24. The van der Waals surface area contributed by atoms with Gasteiger partial charge in [0.05, 0.1) is 0 Å². The van der Waals surface area contributed by atoms with E-state index >= 15 is 0 Å². The molecule has 2 amide bonds. The maximum Gasteiger partial charge on any atom is 0.243 e. The smallest absolute Gasteiger partial charge is 0.243 e. The van der Waals surface area contributed by atoms with E-state index in [0.29, 0.717) is 22.9 Å². The largest absolute Gasteiger partial charge is 0.350 e. The molecule has 6 heteroatoms. The Balaban J connectivity index is 2.41. The van der Waals surface area contributed by atoms with E-state index in [0.717, 1.165) is 11.1 Å². The lowest BCUT2D eigenvalue weighted by atomic mass is 10.0. The van der Waals surface area contributed by atoms with Gasteiger partial charge >= 0.3 is 0 Å². The van der Waals surface area contributed by atoms with E-state index < -0.39 is 11.6 Å². The zero-order valence-electron chi connectivity index (χ0n) is 17.3. The maximum atomic E-state index is 13.2. The standard InChI is InChI=1S/C23H28Cl2N2O2/c1-5-21(28)27(15-17-11-12-18(24)14-19(17)25)20(22(29)26-23(2,3)4)13-16-9-7-6-8-10-16/h6-12,14,20H,5,13,15H2,1-4H3,(H,26,29)/t20-/m0/s1. The van der Waals surface area contributed by atoms with Crippen LogP contribution in [0.1, 0.15) is 45.2 Å². The maximum absolute atomic E-state index is 13.2. The molecule has 0 saturated carbocycles. The number of carbonyl (C=O) groups is 2. The molecule has 2 aromatic carbocycles. The minimum atomic E-state index is -0.657. The molecule has 1 atom stereocenters. The Bertz CT molecular complexity index is 848. The van der Waals surface area contributed by atoms with E-state index in [-0.39, 0.29) is 18.4 Å². The first kappa shape index (κ1) is 23.2. The van der Waals surface area contributed by atoms with Gasteiger partial charge in [-0.15, -0.1) is 0 Å². The Hall–Kier alpha value is -2.04. The first-order valence-electron chi connectivity index (χ1n) is 9.70. The molecule has 0 aliphatic heterocycles. The van der Waals surface area contributed by atoms with Gasteiger partial charge in [-0.05, 0) is 44.0 Å². The van der Waals surface area contributed by atoms with Crippen LogP contribution in [0.2, 0.25) is 10.0 Å². The first-order valence-corrected chi connectivity index (χ1v) is 10.5. The van der Waals surface area contributed by atoms with Crippen molar-refractivity contribution in [2.75, 3.05) is 0 Å². The molecule has 0 aromatic heterocycles. The molecule has 1 N–H and O–H groups in total. The molecule has 0 aliphatic rings. The summed E-state index contributed by atoms with van der Waals surface area (Å²) in [6, 6.07) is 14.2. The summed E-state index contributed by atoms with van der Waals surface area (Å²) >= 11 is 12.4. The molecule has 0 saturated heterocycles. The lowest BCUT2D eigenvalue weighted by molar-refractivity contribution is -0.141. The second kappa shape index (κ2) is 10.1. The molecule has 4 nitrogen and oxygen atoms in total. The fourth-order valence-corrected chi connectivity index (χ4v) is 3.51. The fourth-order valence-electron chi connectivity index (χ4n) is 3.04. The lowest BCUT2D eigenvalue weighted by Crippen LogP contribution is -2.54. The summed E-state index contributed by atoms with van der Waals surface area (Å²) in [6.45, 7) is 7.79. The van der Waals surface area contributed by atoms with Crippen molar-refractivity contribution >= 4 is 35.0 Å². The van der Waals surface area contributed by atoms with Gasteiger partial charge in [0.2, 0.25) is 11.8 Å². The highest BCUT2D eigenvalue weighted by atomic mass is 35.5. The summed E-state index contributed by atoms with van der Waals surface area (Å²) < 4.78 is 0. The Morgan fingerprint density at radius 3 is 2.28 bits per heavy atom. The van der Waals surface area contributed by atoms with Crippen LogP contribution in [0, 0.1) is 0 Å². The van der Waals surface area contributed by atoms with Gasteiger partial charge in [-0.1, -0.05) is 66.5 Å². The Kier molecular flexibility index (Phi) is 8.12. The van der Waals surface area contributed by atoms with E-state index in [9.17, 15) is 9.59 Å². The minimum absolute atomic E-state index is 0.110. The molecule has 29 heavy (non-hydrogen) atoms. The van der Waals surface area contributed by atoms with Crippen molar-refractivity contribution in [2.24, 2.45) is 0 Å². The lowest BCUT2D eigenvalue weighted by Gasteiger charge is -2.34. The van der Waals surface area contributed by atoms with E-state index in [4.69, 9.17) is 23.2 Å². The number of nitrogens with zero attached hydrogens (tertiary/aromatic N) is 1. The molecular weight excluding hydrogens is 407 g/mol. The topological polar surface area (TPSA) is 49.4 Å². The zero-order chi connectivity index (χ0) is 21.6. The van der Waals surface area contributed by atoms with Gasteiger partial charge in [-0.25, -0.2) is 0 Å². The number of halogens is 2. The summed E-state index contributed by atoms with van der Waals surface area (Å²) in [5.41, 5.74) is 1.32. The SMILES string of the molecule is CCC(=O)N(Cc1ccc(Cl)cc1Cl)[C@@H](Cc1ccccc1)C(=O)NC(C)(C)C. The van der Waals surface area contributed by atoms with Crippen molar-refractivity contribution in [3.05, 3.63) is 69.7 Å². The van der Waals surface area contributed by atoms with Crippen LogP contribution in [0.15, 0.2) is 48.5 Å². The average molecular weight is 435 g/mol. The van der Waals surface area contributed by atoms with Crippen LogP contribution < -0.4 is 5.32 Å². The Morgan fingerprint density at radius 2 is 1.72 bits per heavy atom. The molecule has 156 valence electrons. The molecule has 0 aliphatic carbocycles. The van der Waals surface area contributed by atoms with Gasteiger partial charge in [-0.2, -0.15) is 0 Å². The predicted octanol–water partition coefficient (Wildman–Crippen LogP) is 5.26. The van der Waals surface area contributed by atoms with E-state index in [1.165, 1.54) is 0 Å². The Morgan fingerprint density at radius 1 is 1.07 bits per heavy atom. The molecule has 0 spiro atoms. The van der Waals surface area contributed by atoms with Crippen molar-refractivity contribution in [1.82, 2.24) is 10.2 Å². The third-order valence-corrected chi connectivity index (χ3v) is 5.01. The number of benzene rings is 2. The zero-order valence-corrected chi connectivity index (χ0v) is 18.8. The third-order valence-electron chi connectivity index (χ3n) is 4.43. The van der Waals surface area contributed by atoms with Crippen LogP contribution in [0.25, 0.3) is 0 Å². The summed E-state index contributed by atoms with van der Waals surface area (Å²) in [4.78, 5) is 27.7. The van der Waals surface area contributed by atoms with Gasteiger partial charge in [0, 0.05) is 35.0 Å². The van der Waals surface area contributed by atoms with Crippen molar-refractivity contribution in [2.45, 2.75) is 58.7 Å². The second-order valence-electron chi connectivity index (χ2n) is 8.06. The Labute approximate surface area is 183 Å². The molecular formula is C23H28Cl2N2O2. The van der Waals surface area contributed by atoms with Crippen molar-refractivity contribution in [1.29, 1.82) is 0 Å². The van der Waals surface area contributed by atoms with E-state index in [2.05, 4.69) is 5.32 Å². The van der Waals surface area contributed by atoms with Crippen LogP contribution in [-0.2, 0) is 22.6 Å². The number of carbonyl (C=O) groups excluding carboxylic acids is 2. The third kappa shape index (κ3) is 7.06. The minimum Gasteiger partial charge on any atom is -0.350 e. The van der Waals surface area contributed by atoms with Gasteiger partial charge in [0.1, 0.15) is 6.04 Å². The fraction of sp³-hybridized carbons (Fsp3) is 0.391. The summed E-state index contributed by atoms with van der Waals surface area (Å²) in [7, 11) is 0. The van der Waals surface area contributed by atoms with Gasteiger partial charge in [0.25, 0.3) is 0 Å². The quantitative estimate of drug-likeness (QED) is 0.645. The molecule has 0 unspecified atom stereocenters. The summed E-state index contributed by atoms with van der Waals surface area (Å²) in [6.07, 6.45) is 0.707. The van der Waals surface area contributed by atoms with Crippen LogP contribution in [-0.4, -0.2) is 28.3 Å². The molecule has 0 heterocycles. The van der Waals surface area contributed by atoms with Crippen molar-refractivity contribution in [3.8, 4) is 0 Å². The molecule has 0 radical (unpaired) electrons. The van der Waals surface area contributed by atoms with Crippen LogP contribution in [0.5, 0.6) is 0 Å². The monoisotopic (exact) mass is 434 g/mol. The van der Waals surface area contributed by atoms with Gasteiger partial charge < -0.3 is 10.2 Å². The number of hydrogen-bond donors (Lipinski definition) is 1. The van der Waals surface area contributed by atoms with E-state index in [1.54, 1.807) is 30.0 Å². The van der Waals surface area contributed by atoms with Crippen LogP contribution >= 0.6 is 23.2 Å². The molecule has 0 fully saturated rings.